The van der Waals surface area contributed by atoms with Gasteiger partial charge < -0.3 is 14.2 Å². The van der Waals surface area contributed by atoms with Crippen molar-refractivity contribution in [2.24, 2.45) is 0 Å². The van der Waals surface area contributed by atoms with Gasteiger partial charge in [0.2, 0.25) is 0 Å². The standard InChI is InChI=1S/C12H18O4/c1-5-7-8-9-10(11(13)14-6-2)16-12(3,4)15-9/h1,9-10H,6-8H2,2-4H3/t9-,10+/m0/s1. The van der Waals surface area contributed by atoms with Gasteiger partial charge in [0.05, 0.1) is 12.7 Å². The smallest absolute Gasteiger partial charge is 0.338 e. The van der Waals surface area contributed by atoms with Crippen LogP contribution in [0.3, 0.4) is 0 Å². The first kappa shape index (κ1) is 13.0. The minimum absolute atomic E-state index is 0.315. The third-order valence-electron chi connectivity index (χ3n) is 2.28. The van der Waals surface area contributed by atoms with Crippen LogP contribution in [0.1, 0.15) is 33.6 Å². The van der Waals surface area contributed by atoms with Crippen LogP contribution in [0.2, 0.25) is 0 Å². The Morgan fingerprint density at radius 2 is 2.19 bits per heavy atom. The summed E-state index contributed by atoms with van der Waals surface area (Å²) in [5.41, 5.74) is 0. The lowest BCUT2D eigenvalue weighted by Gasteiger charge is -2.16. The number of carbonyl (C=O) groups is 1. The molecule has 1 rings (SSSR count). The first-order valence-corrected chi connectivity index (χ1v) is 5.46. The molecule has 0 amide bonds. The van der Waals surface area contributed by atoms with Crippen molar-refractivity contribution in [1.29, 1.82) is 0 Å². The van der Waals surface area contributed by atoms with Crippen LogP contribution in [0, 0.1) is 12.3 Å². The predicted octanol–water partition coefficient (Wildman–Crippen LogP) is 1.48. The number of rotatable bonds is 4. The molecule has 0 N–H and O–H groups in total. The Bertz CT molecular complexity index is 290. The van der Waals surface area contributed by atoms with Crippen molar-refractivity contribution in [3.05, 3.63) is 0 Å². The maximum atomic E-state index is 11.6. The zero-order valence-corrected chi connectivity index (χ0v) is 9.99. The Balaban J connectivity index is 2.64. The molecule has 1 saturated heterocycles. The molecule has 0 saturated carbocycles. The van der Waals surface area contributed by atoms with Crippen LogP contribution in [-0.4, -0.2) is 30.6 Å². The van der Waals surface area contributed by atoms with Crippen LogP contribution in [0.4, 0.5) is 0 Å². The van der Waals surface area contributed by atoms with Crippen molar-refractivity contribution in [1.82, 2.24) is 0 Å². The molecule has 0 spiro atoms. The van der Waals surface area contributed by atoms with Gasteiger partial charge in [-0.15, -0.1) is 12.3 Å². The minimum atomic E-state index is -0.753. The zero-order valence-electron chi connectivity index (χ0n) is 9.99. The Hall–Kier alpha value is -1.05. The van der Waals surface area contributed by atoms with E-state index in [4.69, 9.17) is 20.6 Å². The van der Waals surface area contributed by atoms with Crippen LogP contribution in [0.5, 0.6) is 0 Å². The first-order chi connectivity index (χ1) is 7.50. The molecule has 0 aliphatic carbocycles. The predicted molar refractivity (Wildman–Crippen MR) is 58.5 cm³/mol. The van der Waals surface area contributed by atoms with Gasteiger partial charge in [0.25, 0.3) is 0 Å². The van der Waals surface area contributed by atoms with E-state index in [9.17, 15) is 4.79 Å². The van der Waals surface area contributed by atoms with Crippen molar-refractivity contribution in [3.8, 4) is 12.3 Å². The zero-order chi connectivity index (χ0) is 12.2. The van der Waals surface area contributed by atoms with E-state index in [-0.39, 0.29) is 12.1 Å². The summed E-state index contributed by atoms with van der Waals surface area (Å²) in [6.45, 7) is 5.64. The van der Waals surface area contributed by atoms with E-state index in [2.05, 4.69) is 5.92 Å². The molecule has 4 heteroatoms. The molecule has 0 aromatic heterocycles. The van der Waals surface area contributed by atoms with Crippen molar-refractivity contribution in [2.75, 3.05) is 6.61 Å². The number of esters is 1. The molecule has 16 heavy (non-hydrogen) atoms. The molecule has 1 fully saturated rings. The number of hydrogen-bond donors (Lipinski definition) is 0. The molecule has 0 radical (unpaired) electrons. The van der Waals surface area contributed by atoms with E-state index < -0.39 is 11.9 Å². The summed E-state index contributed by atoms with van der Waals surface area (Å²) in [5.74, 6) is 1.39. The highest BCUT2D eigenvalue weighted by molar-refractivity contribution is 5.75. The summed E-state index contributed by atoms with van der Waals surface area (Å²) in [6, 6.07) is 0. The number of terminal acetylenes is 1. The van der Waals surface area contributed by atoms with Gasteiger partial charge >= 0.3 is 5.97 Å². The fraction of sp³-hybridized carbons (Fsp3) is 0.750. The van der Waals surface area contributed by atoms with Crippen molar-refractivity contribution in [3.63, 3.8) is 0 Å². The second-order valence-electron chi connectivity index (χ2n) is 4.09. The lowest BCUT2D eigenvalue weighted by Crippen LogP contribution is -2.33. The van der Waals surface area contributed by atoms with Crippen LogP contribution in [-0.2, 0) is 19.0 Å². The van der Waals surface area contributed by atoms with Gasteiger partial charge in [-0.3, -0.25) is 0 Å². The summed E-state index contributed by atoms with van der Waals surface area (Å²) in [7, 11) is 0. The number of hydrogen-bond acceptors (Lipinski definition) is 4. The largest absolute Gasteiger partial charge is 0.464 e. The van der Waals surface area contributed by atoms with Crippen LogP contribution in [0.15, 0.2) is 0 Å². The molecular formula is C12H18O4. The van der Waals surface area contributed by atoms with Crippen LogP contribution >= 0.6 is 0 Å². The van der Waals surface area contributed by atoms with E-state index in [0.717, 1.165) is 0 Å². The summed E-state index contributed by atoms with van der Waals surface area (Å²) >= 11 is 0. The molecule has 1 aliphatic heterocycles. The molecule has 2 atom stereocenters. The Morgan fingerprint density at radius 3 is 2.75 bits per heavy atom. The van der Waals surface area contributed by atoms with Crippen LogP contribution in [0.25, 0.3) is 0 Å². The topological polar surface area (TPSA) is 44.8 Å². The van der Waals surface area contributed by atoms with Gasteiger partial charge in [0, 0.05) is 6.42 Å². The van der Waals surface area contributed by atoms with Gasteiger partial charge in [-0.2, -0.15) is 0 Å². The average molecular weight is 226 g/mol. The van der Waals surface area contributed by atoms with E-state index >= 15 is 0 Å². The molecular weight excluding hydrogens is 208 g/mol. The van der Waals surface area contributed by atoms with E-state index in [1.54, 1.807) is 20.8 Å². The fourth-order valence-corrected chi connectivity index (χ4v) is 1.70. The molecule has 0 bridgehead atoms. The normalized spacial score (nSPS) is 27.4. The first-order valence-electron chi connectivity index (χ1n) is 5.46. The third-order valence-corrected chi connectivity index (χ3v) is 2.28. The maximum absolute atomic E-state index is 11.6. The summed E-state index contributed by atoms with van der Waals surface area (Å²) in [5, 5.41) is 0. The van der Waals surface area contributed by atoms with Crippen molar-refractivity contribution in [2.45, 2.75) is 51.6 Å². The van der Waals surface area contributed by atoms with E-state index in [0.29, 0.717) is 19.4 Å². The summed E-state index contributed by atoms with van der Waals surface area (Å²) in [4.78, 5) is 11.6. The SMILES string of the molecule is C#CCC[C@@H]1OC(C)(C)O[C@H]1C(=O)OCC. The molecule has 90 valence electrons. The van der Waals surface area contributed by atoms with Crippen molar-refractivity contribution >= 4 is 5.97 Å². The third kappa shape index (κ3) is 3.22. The lowest BCUT2D eigenvalue weighted by atomic mass is 10.1. The van der Waals surface area contributed by atoms with Crippen LogP contribution < -0.4 is 0 Å². The van der Waals surface area contributed by atoms with E-state index in [1.165, 1.54) is 0 Å². The maximum Gasteiger partial charge on any atom is 0.338 e. The van der Waals surface area contributed by atoms with Gasteiger partial charge in [0.1, 0.15) is 0 Å². The molecule has 0 unspecified atom stereocenters. The van der Waals surface area contributed by atoms with Gasteiger partial charge in [-0.25, -0.2) is 4.79 Å². The monoisotopic (exact) mass is 226 g/mol. The van der Waals surface area contributed by atoms with Gasteiger partial charge in [-0.05, 0) is 27.2 Å². The Morgan fingerprint density at radius 1 is 1.50 bits per heavy atom. The highest BCUT2D eigenvalue weighted by Crippen LogP contribution is 2.31. The Kier molecular flexibility index (Phi) is 4.34. The second-order valence-corrected chi connectivity index (χ2v) is 4.09. The van der Waals surface area contributed by atoms with E-state index in [1.807, 2.05) is 0 Å². The summed E-state index contributed by atoms with van der Waals surface area (Å²) in [6.07, 6.45) is 5.37. The Labute approximate surface area is 96.2 Å². The minimum Gasteiger partial charge on any atom is -0.464 e. The fourth-order valence-electron chi connectivity index (χ4n) is 1.70. The number of ether oxygens (including phenoxy) is 3. The highest BCUT2D eigenvalue weighted by Gasteiger charge is 2.45. The quantitative estimate of drug-likeness (QED) is 0.538. The number of carbonyl (C=O) groups excluding carboxylic acids is 1. The average Bonchev–Trinajstić information content (AvgIpc) is 2.51. The molecule has 4 nitrogen and oxygen atoms in total. The molecule has 0 aromatic rings. The van der Waals surface area contributed by atoms with Gasteiger partial charge in [-0.1, -0.05) is 0 Å². The second kappa shape index (κ2) is 5.33. The van der Waals surface area contributed by atoms with Crippen molar-refractivity contribution < 1.29 is 19.0 Å². The van der Waals surface area contributed by atoms with Gasteiger partial charge in [0.15, 0.2) is 11.9 Å². The highest BCUT2D eigenvalue weighted by atomic mass is 16.8. The lowest BCUT2D eigenvalue weighted by molar-refractivity contribution is -0.170. The molecule has 0 aromatic carbocycles. The molecule has 1 heterocycles. The molecule has 1 aliphatic rings. The summed E-state index contributed by atoms with van der Waals surface area (Å²) < 4.78 is 16.1.